The van der Waals surface area contributed by atoms with Gasteiger partial charge in [0.1, 0.15) is 0 Å². The highest BCUT2D eigenvalue weighted by Gasteiger charge is 2.36. The molecular weight excluding hydrogens is 266 g/mol. The van der Waals surface area contributed by atoms with Crippen molar-refractivity contribution >= 4 is 11.4 Å². The first kappa shape index (κ1) is 14.3. The van der Waals surface area contributed by atoms with Gasteiger partial charge in [-0.15, -0.1) is 0 Å². The van der Waals surface area contributed by atoms with E-state index in [-0.39, 0.29) is 10.6 Å². The van der Waals surface area contributed by atoms with E-state index in [1.165, 1.54) is 12.8 Å². The van der Waals surface area contributed by atoms with Crippen molar-refractivity contribution in [2.24, 2.45) is 0 Å². The Morgan fingerprint density at radius 3 is 2.52 bits per heavy atom. The molecule has 2 bridgehead atoms. The molecular formula is C16H23N3O2. The summed E-state index contributed by atoms with van der Waals surface area (Å²) in [5.41, 5.74) is 2.14. The molecule has 0 amide bonds. The van der Waals surface area contributed by atoms with E-state index in [0.29, 0.717) is 18.1 Å². The normalized spacial score (nSPS) is 27.6. The van der Waals surface area contributed by atoms with Crippen molar-refractivity contribution in [1.82, 2.24) is 5.32 Å². The van der Waals surface area contributed by atoms with Crippen LogP contribution < -0.4 is 10.2 Å². The van der Waals surface area contributed by atoms with Crippen LogP contribution in [0.3, 0.4) is 0 Å². The molecule has 0 aliphatic carbocycles. The van der Waals surface area contributed by atoms with Gasteiger partial charge in [0, 0.05) is 42.5 Å². The molecule has 2 aliphatic rings. The van der Waals surface area contributed by atoms with E-state index in [1.54, 1.807) is 12.1 Å². The largest absolute Gasteiger partial charge is 0.368 e. The number of rotatable bonds is 4. The fourth-order valence-corrected chi connectivity index (χ4v) is 3.95. The predicted octanol–water partition coefficient (Wildman–Crippen LogP) is 3.01. The molecule has 5 nitrogen and oxygen atoms in total. The Bertz CT molecular complexity index is 534. The molecule has 2 atom stereocenters. The molecule has 2 unspecified atom stereocenters. The number of fused-ring (bicyclic) bond motifs is 2. The third kappa shape index (κ3) is 2.88. The lowest BCUT2D eigenvalue weighted by Crippen LogP contribution is -2.48. The van der Waals surface area contributed by atoms with Crippen LogP contribution in [0.1, 0.15) is 38.2 Å². The molecule has 0 saturated carbocycles. The van der Waals surface area contributed by atoms with E-state index in [4.69, 9.17) is 0 Å². The van der Waals surface area contributed by atoms with Crippen LogP contribution in [0.4, 0.5) is 11.4 Å². The molecule has 114 valence electrons. The maximum atomic E-state index is 11.1. The summed E-state index contributed by atoms with van der Waals surface area (Å²) in [6.45, 7) is 4.96. The number of benzene rings is 1. The van der Waals surface area contributed by atoms with Gasteiger partial charge < -0.3 is 10.2 Å². The second-order valence-corrected chi connectivity index (χ2v) is 6.33. The minimum absolute atomic E-state index is 0.195. The smallest absolute Gasteiger partial charge is 0.271 e. The minimum atomic E-state index is -0.295. The Balaban J connectivity index is 1.87. The second-order valence-electron chi connectivity index (χ2n) is 6.33. The van der Waals surface area contributed by atoms with Crippen molar-refractivity contribution in [3.05, 3.63) is 33.9 Å². The molecule has 2 aliphatic heterocycles. The summed E-state index contributed by atoms with van der Waals surface area (Å²) < 4.78 is 0. The van der Waals surface area contributed by atoms with Crippen LogP contribution >= 0.6 is 0 Å². The third-order valence-electron chi connectivity index (χ3n) is 4.82. The maximum absolute atomic E-state index is 11.1. The number of piperidine rings is 1. The monoisotopic (exact) mass is 289 g/mol. The van der Waals surface area contributed by atoms with Gasteiger partial charge in [-0.25, -0.2) is 0 Å². The van der Waals surface area contributed by atoms with E-state index in [1.807, 2.05) is 6.92 Å². The first-order valence-electron chi connectivity index (χ1n) is 7.85. The number of aryl methyl sites for hydroxylation is 1. The number of nitro benzene ring substituents is 1. The number of nitrogens with zero attached hydrogens (tertiary/aromatic N) is 2. The van der Waals surface area contributed by atoms with Gasteiger partial charge in [0.15, 0.2) is 0 Å². The predicted molar refractivity (Wildman–Crippen MR) is 83.8 cm³/mol. The van der Waals surface area contributed by atoms with Gasteiger partial charge in [0.2, 0.25) is 0 Å². The lowest BCUT2D eigenvalue weighted by Gasteiger charge is -2.38. The zero-order chi connectivity index (χ0) is 15.0. The number of hydrogen-bond acceptors (Lipinski definition) is 4. The molecule has 21 heavy (non-hydrogen) atoms. The van der Waals surface area contributed by atoms with E-state index >= 15 is 0 Å². The first-order chi connectivity index (χ1) is 10.1. The Hall–Kier alpha value is -1.62. The molecule has 3 rings (SSSR count). The standard InChI is InChI=1S/C16H23N3O2/c1-3-18(15-8-12-4-5-13(9-15)17-12)14-6-11(2)7-16(10-14)19(20)21/h6-7,10,12-13,15,17H,3-5,8-9H2,1-2H3. The zero-order valence-electron chi connectivity index (χ0n) is 12.7. The third-order valence-corrected chi connectivity index (χ3v) is 4.82. The van der Waals surface area contributed by atoms with Gasteiger partial charge in [-0.05, 0) is 51.2 Å². The van der Waals surface area contributed by atoms with Crippen LogP contribution in [0.25, 0.3) is 0 Å². The summed E-state index contributed by atoms with van der Waals surface area (Å²) >= 11 is 0. The SMILES string of the molecule is CCN(c1cc(C)cc([N+](=O)[O-])c1)C1CC2CCC(C1)N2. The summed E-state index contributed by atoms with van der Waals surface area (Å²) in [4.78, 5) is 13.1. The lowest BCUT2D eigenvalue weighted by molar-refractivity contribution is -0.384. The number of non-ortho nitro benzene ring substituents is 1. The molecule has 2 heterocycles. The number of nitrogens with one attached hydrogen (secondary N) is 1. The summed E-state index contributed by atoms with van der Waals surface area (Å²) in [5.74, 6) is 0. The molecule has 0 aromatic heterocycles. The molecule has 0 spiro atoms. The average molecular weight is 289 g/mol. The second kappa shape index (κ2) is 5.64. The van der Waals surface area contributed by atoms with Gasteiger partial charge in [-0.2, -0.15) is 0 Å². The highest BCUT2D eigenvalue weighted by atomic mass is 16.6. The molecule has 1 N–H and O–H groups in total. The quantitative estimate of drug-likeness (QED) is 0.684. The van der Waals surface area contributed by atoms with Crippen molar-refractivity contribution in [2.75, 3.05) is 11.4 Å². The molecule has 5 heteroatoms. The van der Waals surface area contributed by atoms with Gasteiger partial charge in [0.05, 0.1) is 4.92 Å². The first-order valence-corrected chi connectivity index (χ1v) is 7.85. The van der Waals surface area contributed by atoms with Gasteiger partial charge in [-0.3, -0.25) is 10.1 Å². The molecule has 1 aromatic rings. The summed E-state index contributed by atoms with van der Waals surface area (Å²) in [6.07, 6.45) is 4.83. The van der Waals surface area contributed by atoms with Crippen LogP contribution in [0.2, 0.25) is 0 Å². The molecule has 1 aromatic carbocycles. The number of nitro groups is 1. The maximum Gasteiger partial charge on any atom is 0.271 e. The number of anilines is 1. The van der Waals surface area contributed by atoms with Crippen LogP contribution in [0.5, 0.6) is 0 Å². The Morgan fingerprint density at radius 2 is 1.95 bits per heavy atom. The van der Waals surface area contributed by atoms with Gasteiger partial charge >= 0.3 is 0 Å². The van der Waals surface area contributed by atoms with Crippen LogP contribution in [-0.2, 0) is 0 Å². The Morgan fingerprint density at radius 1 is 1.29 bits per heavy atom. The minimum Gasteiger partial charge on any atom is -0.368 e. The fourth-order valence-electron chi connectivity index (χ4n) is 3.95. The van der Waals surface area contributed by atoms with Crippen molar-refractivity contribution < 1.29 is 4.92 Å². The van der Waals surface area contributed by atoms with E-state index in [9.17, 15) is 10.1 Å². The van der Waals surface area contributed by atoms with Gasteiger partial charge in [-0.1, -0.05) is 0 Å². The van der Waals surface area contributed by atoms with Crippen LogP contribution in [-0.4, -0.2) is 29.6 Å². The van der Waals surface area contributed by atoms with Crippen molar-refractivity contribution in [3.8, 4) is 0 Å². The Kier molecular flexibility index (Phi) is 3.85. The highest BCUT2D eigenvalue weighted by molar-refractivity contribution is 5.56. The van der Waals surface area contributed by atoms with Crippen molar-refractivity contribution in [2.45, 2.75) is 57.7 Å². The van der Waals surface area contributed by atoms with E-state index in [2.05, 4.69) is 23.2 Å². The van der Waals surface area contributed by atoms with Crippen LogP contribution in [0.15, 0.2) is 18.2 Å². The molecule has 0 radical (unpaired) electrons. The topological polar surface area (TPSA) is 58.4 Å². The summed E-state index contributed by atoms with van der Waals surface area (Å²) in [7, 11) is 0. The Labute approximate surface area is 125 Å². The van der Waals surface area contributed by atoms with Crippen molar-refractivity contribution in [1.29, 1.82) is 0 Å². The lowest BCUT2D eigenvalue weighted by atomic mass is 9.97. The van der Waals surface area contributed by atoms with E-state index < -0.39 is 0 Å². The summed E-state index contributed by atoms with van der Waals surface area (Å²) in [6, 6.07) is 7.19. The average Bonchev–Trinajstić information content (AvgIpc) is 2.78. The van der Waals surface area contributed by atoms with E-state index in [0.717, 1.165) is 30.6 Å². The van der Waals surface area contributed by atoms with Gasteiger partial charge in [0.25, 0.3) is 5.69 Å². The number of hydrogen-bond donors (Lipinski definition) is 1. The fraction of sp³-hybridized carbons (Fsp3) is 0.625. The summed E-state index contributed by atoms with van der Waals surface area (Å²) in [5, 5.41) is 14.7. The van der Waals surface area contributed by atoms with Crippen LogP contribution in [0, 0.1) is 17.0 Å². The molecule has 2 saturated heterocycles. The zero-order valence-corrected chi connectivity index (χ0v) is 12.7. The van der Waals surface area contributed by atoms with Crippen molar-refractivity contribution in [3.63, 3.8) is 0 Å². The molecule has 2 fully saturated rings. The highest BCUT2D eigenvalue weighted by Crippen LogP contribution is 2.33.